The molecule has 0 spiro atoms. The zero-order valence-corrected chi connectivity index (χ0v) is 8.56. The van der Waals surface area contributed by atoms with Crippen molar-refractivity contribution in [2.24, 2.45) is 0 Å². The maximum absolute atomic E-state index is 11.8. The highest BCUT2D eigenvalue weighted by Crippen LogP contribution is 2.30. The van der Waals surface area contributed by atoms with Crippen LogP contribution in [0.4, 0.5) is 19.0 Å². The third-order valence-electron chi connectivity index (χ3n) is 1.30. The minimum Gasteiger partial charge on any atom is -0.402 e. The zero-order valence-electron chi connectivity index (χ0n) is 6.97. The minimum absolute atomic E-state index is 0.0819. The van der Waals surface area contributed by atoms with Crippen LogP contribution in [0.3, 0.4) is 0 Å². The summed E-state index contributed by atoms with van der Waals surface area (Å²) in [7, 11) is 0. The van der Waals surface area contributed by atoms with Crippen molar-refractivity contribution >= 4 is 21.7 Å². The molecule has 15 heavy (non-hydrogen) atoms. The van der Waals surface area contributed by atoms with Crippen molar-refractivity contribution in [3.05, 3.63) is 16.2 Å². The van der Waals surface area contributed by atoms with Crippen LogP contribution in [-0.2, 0) is 0 Å². The van der Waals surface area contributed by atoms with Gasteiger partial charge in [0.05, 0.1) is 4.47 Å². The molecule has 0 atom stereocenters. The Balaban J connectivity index is 3.13. The average Bonchev–Trinajstić information content (AvgIpc) is 2.08. The smallest absolute Gasteiger partial charge is 0.402 e. The predicted molar refractivity (Wildman–Crippen MR) is 47.7 cm³/mol. The Hall–Kier alpha value is -1.49. The van der Waals surface area contributed by atoms with Gasteiger partial charge in [0.15, 0.2) is 17.3 Å². The number of ether oxygens (including phenoxy) is 1. The van der Waals surface area contributed by atoms with Crippen molar-refractivity contribution in [1.82, 2.24) is 4.98 Å². The quantitative estimate of drug-likeness (QED) is 0.857. The van der Waals surface area contributed by atoms with Gasteiger partial charge in [-0.15, -0.1) is 13.2 Å². The molecule has 0 aliphatic heterocycles. The van der Waals surface area contributed by atoms with Crippen LogP contribution in [0.1, 0.15) is 5.69 Å². The number of nitriles is 1. The van der Waals surface area contributed by atoms with Crippen molar-refractivity contribution < 1.29 is 17.9 Å². The second-order valence-electron chi connectivity index (χ2n) is 2.36. The Morgan fingerprint density at radius 1 is 1.53 bits per heavy atom. The van der Waals surface area contributed by atoms with Gasteiger partial charge in [0.1, 0.15) is 6.07 Å². The van der Waals surface area contributed by atoms with Crippen LogP contribution in [-0.4, -0.2) is 11.3 Å². The van der Waals surface area contributed by atoms with Crippen LogP contribution in [0.5, 0.6) is 5.75 Å². The third-order valence-corrected chi connectivity index (χ3v) is 1.90. The lowest BCUT2D eigenvalue weighted by Gasteiger charge is -2.10. The van der Waals surface area contributed by atoms with Gasteiger partial charge in [-0.3, -0.25) is 0 Å². The van der Waals surface area contributed by atoms with Crippen molar-refractivity contribution in [2.45, 2.75) is 6.36 Å². The lowest BCUT2D eigenvalue weighted by molar-refractivity contribution is -0.274. The molecule has 80 valence electrons. The fourth-order valence-electron chi connectivity index (χ4n) is 0.771. The number of rotatable bonds is 1. The zero-order chi connectivity index (χ0) is 11.6. The molecule has 0 saturated carbocycles. The molecule has 0 radical (unpaired) electrons. The molecule has 1 aromatic rings. The summed E-state index contributed by atoms with van der Waals surface area (Å²) in [5.41, 5.74) is 5.06. The second kappa shape index (κ2) is 3.94. The highest BCUT2D eigenvalue weighted by atomic mass is 79.9. The molecule has 8 heteroatoms. The van der Waals surface area contributed by atoms with E-state index in [0.717, 1.165) is 6.07 Å². The molecule has 0 aliphatic carbocycles. The summed E-state index contributed by atoms with van der Waals surface area (Å²) in [6.45, 7) is 0. The number of nitrogen functional groups attached to an aromatic ring is 1. The molecule has 0 amide bonds. The molecular formula is C7H3BrF3N3O. The molecule has 1 aromatic heterocycles. The Kier molecular flexibility index (Phi) is 3.04. The van der Waals surface area contributed by atoms with Crippen molar-refractivity contribution in [3.8, 4) is 11.8 Å². The summed E-state index contributed by atoms with van der Waals surface area (Å²) < 4.78 is 39.2. The monoisotopic (exact) mass is 281 g/mol. The molecule has 1 rings (SSSR count). The number of halogens is 4. The first-order valence-electron chi connectivity index (χ1n) is 3.45. The Morgan fingerprint density at radius 2 is 2.13 bits per heavy atom. The molecule has 0 aliphatic rings. The molecule has 0 fully saturated rings. The molecular weight excluding hydrogens is 279 g/mol. The fraction of sp³-hybridized carbons (Fsp3) is 0.143. The standard InChI is InChI=1S/C7H3BrF3N3O/c8-3-1-5(15-7(9,10)11)6(13)14-4(3)2-12/h1H,(H2,13,14). The summed E-state index contributed by atoms with van der Waals surface area (Å²) in [6.07, 6.45) is -4.84. The van der Waals surface area contributed by atoms with Crippen LogP contribution in [0.2, 0.25) is 0 Å². The van der Waals surface area contributed by atoms with Gasteiger partial charge in [-0.25, -0.2) is 4.98 Å². The normalized spacial score (nSPS) is 10.9. The molecule has 2 N–H and O–H groups in total. The summed E-state index contributed by atoms with van der Waals surface area (Å²) in [5.74, 6) is -1.14. The Morgan fingerprint density at radius 3 is 2.60 bits per heavy atom. The highest BCUT2D eigenvalue weighted by molar-refractivity contribution is 9.10. The lowest BCUT2D eigenvalue weighted by atomic mass is 10.3. The number of nitrogens with two attached hydrogens (primary N) is 1. The molecule has 0 aromatic carbocycles. The molecule has 0 bridgehead atoms. The summed E-state index contributed by atoms with van der Waals surface area (Å²) in [4.78, 5) is 3.42. The first kappa shape index (κ1) is 11.6. The Bertz CT molecular complexity index is 427. The van der Waals surface area contributed by atoms with Crippen LogP contribution in [0, 0.1) is 11.3 Å². The van der Waals surface area contributed by atoms with Crippen LogP contribution < -0.4 is 10.5 Å². The summed E-state index contributed by atoms with van der Waals surface area (Å²) in [5, 5.41) is 8.51. The summed E-state index contributed by atoms with van der Waals surface area (Å²) >= 11 is 2.86. The van der Waals surface area contributed by atoms with E-state index in [1.807, 2.05) is 0 Å². The van der Waals surface area contributed by atoms with Crippen molar-refractivity contribution in [3.63, 3.8) is 0 Å². The number of hydrogen-bond donors (Lipinski definition) is 1. The van der Waals surface area contributed by atoms with E-state index < -0.39 is 17.9 Å². The van der Waals surface area contributed by atoms with Gasteiger partial charge in [-0.05, 0) is 15.9 Å². The fourth-order valence-corrected chi connectivity index (χ4v) is 1.16. The van der Waals surface area contributed by atoms with Gasteiger partial charge >= 0.3 is 6.36 Å². The topological polar surface area (TPSA) is 71.9 Å². The van der Waals surface area contributed by atoms with Gasteiger partial charge < -0.3 is 10.5 Å². The van der Waals surface area contributed by atoms with E-state index in [-0.39, 0.29) is 10.2 Å². The Labute approximate surface area is 90.6 Å². The number of alkyl halides is 3. The number of aromatic nitrogens is 1. The maximum Gasteiger partial charge on any atom is 0.573 e. The molecule has 0 unspecified atom stereocenters. The van der Waals surface area contributed by atoms with Crippen molar-refractivity contribution in [2.75, 3.05) is 5.73 Å². The van der Waals surface area contributed by atoms with E-state index in [0.29, 0.717) is 0 Å². The van der Waals surface area contributed by atoms with Crippen LogP contribution >= 0.6 is 15.9 Å². The first-order chi connectivity index (χ1) is 6.83. The van der Waals surface area contributed by atoms with Crippen molar-refractivity contribution in [1.29, 1.82) is 5.26 Å². The predicted octanol–water partition coefficient (Wildman–Crippen LogP) is 2.20. The van der Waals surface area contributed by atoms with E-state index in [9.17, 15) is 13.2 Å². The number of anilines is 1. The third kappa shape index (κ3) is 2.99. The average molecular weight is 282 g/mol. The van der Waals surface area contributed by atoms with E-state index in [4.69, 9.17) is 11.0 Å². The van der Waals surface area contributed by atoms with Gasteiger partial charge in [-0.1, -0.05) is 0 Å². The van der Waals surface area contributed by atoms with Gasteiger partial charge in [-0.2, -0.15) is 5.26 Å². The van der Waals surface area contributed by atoms with Crippen LogP contribution in [0.15, 0.2) is 10.5 Å². The second-order valence-corrected chi connectivity index (χ2v) is 3.22. The molecule has 1 heterocycles. The number of pyridine rings is 1. The van der Waals surface area contributed by atoms with E-state index in [2.05, 4.69) is 25.7 Å². The van der Waals surface area contributed by atoms with E-state index in [1.54, 1.807) is 6.07 Å². The highest BCUT2D eigenvalue weighted by Gasteiger charge is 2.32. The number of hydrogen-bond acceptors (Lipinski definition) is 4. The van der Waals surface area contributed by atoms with Crippen LogP contribution in [0.25, 0.3) is 0 Å². The molecule has 4 nitrogen and oxygen atoms in total. The minimum atomic E-state index is -4.84. The van der Waals surface area contributed by atoms with E-state index in [1.165, 1.54) is 0 Å². The first-order valence-corrected chi connectivity index (χ1v) is 4.24. The largest absolute Gasteiger partial charge is 0.573 e. The molecule has 0 saturated heterocycles. The number of nitrogens with zero attached hydrogens (tertiary/aromatic N) is 2. The van der Waals surface area contributed by atoms with Gasteiger partial charge in [0.2, 0.25) is 0 Å². The van der Waals surface area contributed by atoms with Gasteiger partial charge in [0.25, 0.3) is 0 Å². The summed E-state index contributed by atoms with van der Waals surface area (Å²) in [6, 6.07) is 2.59. The SMILES string of the molecule is N#Cc1nc(N)c(OC(F)(F)F)cc1Br. The lowest BCUT2D eigenvalue weighted by Crippen LogP contribution is -2.18. The van der Waals surface area contributed by atoms with E-state index >= 15 is 0 Å². The maximum atomic E-state index is 11.8. The van der Waals surface area contributed by atoms with Gasteiger partial charge in [0, 0.05) is 6.07 Å².